The molecule has 1 aliphatic rings. The highest BCUT2D eigenvalue weighted by atomic mass is 32.2. The van der Waals surface area contributed by atoms with Gasteiger partial charge in [0.05, 0.1) is 4.90 Å². The van der Waals surface area contributed by atoms with Crippen LogP contribution in [0.1, 0.15) is 17.1 Å². The van der Waals surface area contributed by atoms with Gasteiger partial charge in [0.1, 0.15) is 11.5 Å². The Hall–Kier alpha value is -2.71. The van der Waals surface area contributed by atoms with Gasteiger partial charge in [-0.15, -0.1) is 0 Å². The summed E-state index contributed by atoms with van der Waals surface area (Å²) in [4.78, 5) is 16.2. The number of hydrogen-bond donors (Lipinski definition) is 0. The summed E-state index contributed by atoms with van der Waals surface area (Å²) in [6.07, 6.45) is 1.47. The SMILES string of the molecule is Cc1ccc(/C=C2/N=C(c3cccc(S(=O)(=O)N(C)C)c3)OC2=O)o1. The zero-order valence-corrected chi connectivity index (χ0v) is 14.7. The molecule has 130 valence electrons. The average Bonchev–Trinajstić information content (AvgIpc) is 3.14. The van der Waals surface area contributed by atoms with Crippen molar-refractivity contribution in [1.82, 2.24) is 4.31 Å². The van der Waals surface area contributed by atoms with Crippen LogP contribution < -0.4 is 0 Å². The summed E-state index contributed by atoms with van der Waals surface area (Å²) in [6.45, 7) is 1.79. The molecule has 0 amide bonds. The maximum Gasteiger partial charge on any atom is 0.363 e. The predicted molar refractivity (Wildman–Crippen MR) is 91.4 cm³/mol. The van der Waals surface area contributed by atoms with E-state index >= 15 is 0 Å². The van der Waals surface area contributed by atoms with Gasteiger partial charge in [-0.2, -0.15) is 0 Å². The number of esters is 1. The molecule has 1 aromatic heterocycles. The molecule has 0 aliphatic carbocycles. The molecule has 2 heterocycles. The molecular formula is C17H16N2O5S. The molecular weight excluding hydrogens is 344 g/mol. The lowest BCUT2D eigenvalue weighted by atomic mass is 10.2. The molecule has 0 radical (unpaired) electrons. The molecule has 1 aliphatic heterocycles. The molecule has 0 saturated carbocycles. The smallest absolute Gasteiger partial charge is 0.363 e. The number of hydrogen-bond acceptors (Lipinski definition) is 6. The lowest BCUT2D eigenvalue weighted by molar-refractivity contribution is -0.129. The minimum atomic E-state index is -3.59. The summed E-state index contributed by atoms with van der Waals surface area (Å²) in [6, 6.07) is 9.57. The van der Waals surface area contributed by atoms with Gasteiger partial charge in [-0.25, -0.2) is 22.5 Å². The normalized spacial score (nSPS) is 16.4. The summed E-state index contributed by atoms with van der Waals surface area (Å²) < 4.78 is 36.1. The van der Waals surface area contributed by atoms with Gasteiger partial charge in [-0.05, 0) is 37.3 Å². The molecule has 3 rings (SSSR count). The molecule has 0 N–H and O–H groups in total. The van der Waals surface area contributed by atoms with E-state index in [0.717, 1.165) is 4.31 Å². The molecule has 25 heavy (non-hydrogen) atoms. The van der Waals surface area contributed by atoms with E-state index in [1.165, 1.54) is 32.3 Å². The molecule has 7 nitrogen and oxygen atoms in total. The first kappa shape index (κ1) is 17.1. The molecule has 0 spiro atoms. The molecule has 0 saturated heterocycles. The van der Waals surface area contributed by atoms with Crippen molar-refractivity contribution in [1.29, 1.82) is 0 Å². The molecule has 2 aromatic rings. The van der Waals surface area contributed by atoms with Crippen molar-refractivity contribution in [2.24, 2.45) is 4.99 Å². The number of benzene rings is 1. The maximum absolute atomic E-state index is 12.2. The van der Waals surface area contributed by atoms with Crippen LogP contribution in [-0.2, 0) is 19.6 Å². The Labute approximate surface area is 145 Å². The first-order valence-electron chi connectivity index (χ1n) is 7.39. The molecule has 0 fully saturated rings. The Kier molecular flexibility index (Phi) is 4.32. The largest absolute Gasteiger partial charge is 0.462 e. The van der Waals surface area contributed by atoms with Crippen LogP contribution in [0.4, 0.5) is 0 Å². The first-order chi connectivity index (χ1) is 11.8. The van der Waals surface area contributed by atoms with Gasteiger partial charge >= 0.3 is 5.97 Å². The number of ether oxygens (including phenoxy) is 1. The average molecular weight is 360 g/mol. The quantitative estimate of drug-likeness (QED) is 0.616. The zero-order valence-electron chi connectivity index (χ0n) is 13.9. The lowest BCUT2D eigenvalue weighted by Gasteiger charge is -2.11. The van der Waals surface area contributed by atoms with Gasteiger partial charge in [0, 0.05) is 25.7 Å². The van der Waals surface area contributed by atoms with Crippen molar-refractivity contribution in [2.75, 3.05) is 14.1 Å². The molecule has 1 aromatic carbocycles. The third kappa shape index (κ3) is 3.40. The predicted octanol–water partition coefficient (Wildman–Crippen LogP) is 2.18. The van der Waals surface area contributed by atoms with E-state index in [2.05, 4.69) is 4.99 Å². The monoisotopic (exact) mass is 360 g/mol. The second kappa shape index (κ2) is 6.30. The van der Waals surface area contributed by atoms with Crippen LogP contribution in [0, 0.1) is 6.92 Å². The summed E-state index contributed by atoms with van der Waals surface area (Å²) in [5.41, 5.74) is 0.487. The number of rotatable bonds is 4. The Morgan fingerprint density at radius 3 is 2.56 bits per heavy atom. The molecule has 0 atom stereocenters. The van der Waals surface area contributed by atoms with Gasteiger partial charge in [0.25, 0.3) is 0 Å². The van der Waals surface area contributed by atoms with Crippen LogP contribution in [0.2, 0.25) is 0 Å². The highest BCUT2D eigenvalue weighted by Crippen LogP contribution is 2.22. The molecule has 0 bridgehead atoms. The lowest BCUT2D eigenvalue weighted by Crippen LogP contribution is -2.22. The maximum atomic E-state index is 12.2. The van der Waals surface area contributed by atoms with Gasteiger partial charge in [0.2, 0.25) is 15.9 Å². The van der Waals surface area contributed by atoms with Crippen LogP contribution in [-0.4, -0.2) is 38.7 Å². The second-order valence-corrected chi connectivity index (χ2v) is 7.75. The Bertz CT molecular complexity index is 1000. The summed E-state index contributed by atoms with van der Waals surface area (Å²) in [7, 11) is -0.702. The van der Waals surface area contributed by atoms with Crippen LogP contribution in [0.5, 0.6) is 0 Å². The van der Waals surface area contributed by atoms with Crippen molar-refractivity contribution >= 4 is 28.0 Å². The van der Waals surface area contributed by atoms with E-state index in [1.54, 1.807) is 31.2 Å². The fraction of sp³-hybridized carbons (Fsp3) is 0.176. The minimum Gasteiger partial charge on any atom is -0.462 e. The Morgan fingerprint density at radius 1 is 1.16 bits per heavy atom. The third-order valence-corrected chi connectivity index (χ3v) is 5.33. The van der Waals surface area contributed by atoms with E-state index in [1.807, 2.05) is 0 Å². The van der Waals surface area contributed by atoms with E-state index in [-0.39, 0.29) is 16.5 Å². The Balaban J connectivity index is 1.96. The number of furan rings is 1. The third-order valence-electron chi connectivity index (χ3n) is 3.52. The van der Waals surface area contributed by atoms with E-state index in [0.29, 0.717) is 17.1 Å². The van der Waals surface area contributed by atoms with E-state index in [9.17, 15) is 13.2 Å². The van der Waals surface area contributed by atoms with E-state index < -0.39 is 16.0 Å². The number of sulfonamides is 1. The molecule has 0 unspecified atom stereocenters. The highest BCUT2D eigenvalue weighted by Gasteiger charge is 2.26. The van der Waals surface area contributed by atoms with Crippen molar-refractivity contribution in [3.8, 4) is 0 Å². The number of carbonyl (C=O) groups is 1. The van der Waals surface area contributed by atoms with Gasteiger partial charge in [-0.1, -0.05) is 6.07 Å². The zero-order chi connectivity index (χ0) is 18.2. The van der Waals surface area contributed by atoms with Crippen molar-refractivity contribution in [2.45, 2.75) is 11.8 Å². The second-order valence-electron chi connectivity index (χ2n) is 5.60. The number of aliphatic imine (C=N–C) groups is 1. The number of nitrogens with zero attached hydrogens (tertiary/aromatic N) is 2. The number of aryl methyl sites for hydroxylation is 1. The first-order valence-corrected chi connectivity index (χ1v) is 8.83. The standard InChI is InChI=1S/C17H16N2O5S/c1-11-7-8-13(23-11)10-15-17(20)24-16(18-15)12-5-4-6-14(9-12)25(21,22)19(2)3/h4-10H,1-3H3/b15-10+. The van der Waals surface area contributed by atoms with Crippen molar-refractivity contribution in [3.05, 3.63) is 59.2 Å². The summed E-state index contributed by atoms with van der Waals surface area (Å²) in [5, 5.41) is 0. The van der Waals surface area contributed by atoms with Crippen LogP contribution >= 0.6 is 0 Å². The Morgan fingerprint density at radius 2 is 1.92 bits per heavy atom. The number of carbonyl (C=O) groups excluding carboxylic acids is 1. The van der Waals surface area contributed by atoms with Crippen molar-refractivity contribution < 1.29 is 22.4 Å². The van der Waals surface area contributed by atoms with E-state index in [4.69, 9.17) is 9.15 Å². The fourth-order valence-electron chi connectivity index (χ4n) is 2.20. The fourth-order valence-corrected chi connectivity index (χ4v) is 3.15. The topological polar surface area (TPSA) is 89.2 Å². The summed E-state index contributed by atoms with van der Waals surface area (Å²) >= 11 is 0. The molecule has 8 heteroatoms. The van der Waals surface area contributed by atoms with Gasteiger partial charge < -0.3 is 9.15 Å². The van der Waals surface area contributed by atoms with Crippen LogP contribution in [0.25, 0.3) is 6.08 Å². The summed E-state index contributed by atoms with van der Waals surface area (Å²) in [5.74, 6) is 0.627. The van der Waals surface area contributed by atoms with Crippen molar-refractivity contribution in [3.63, 3.8) is 0 Å². The highest BCUT2D eigenvalue weighted by molar-refractivity contribution is 7.89. The van der Waals surface area contributed by atoms with Crippen LogP contribution in [0.3, 0.4) is 0 Å². The van der Waals surface area contributed by atoms with Crippen LogP contribution in [0.15, 0.2) is 56.4 Å². The van der Waals surface area contributed by atoms with Gasteiger partial charge in [-0.3, -0.25) is 0 Å². The minimum absolute atomic E-state index is 0.0512. The van der Waals surface area contributed by atoms with Gasteiger partial charge in [0.15, 0.2) is 5.70 Å². The number of cyclic esters (lactones) is 1.